The molecular weight excluding hydrogens is 433 g/mol. The molecule has 1 atom stereocenters. The molecule has 148 valence electrons. The molecule has 2 amide bonds. The molecule has 0 saturated carbocycles. The number of carbonyl (C=O) groups is 2. The summed E-state index contributed by atoms with van der Waals surface area (Å²) in [5, 5.41) is 9.98. The fraction of sp³-hybridized carbons (Fsp3) is 0.150. The molecule has 0 spiro atoms. The normalized spacial score (nSPS) is 17.8. The van der Waals surface area contributed by atoms with Crippen LogP contribution in [-0.2, 0) is 16.0 Å². The molecule has 0 aromatic heterocycles. The molecule has 1 fully saturated rings. The van der Waals surface area contributed by atoms with E-state index in [1.165, 1.54) is 12.0 Å². The summed E-state index contributed by atoms with van der Waals surface area (Å²) in [7, 11) is 1.50. The zero-order valence-corrected chi connectivity index (χ0v) is 17.5. The average molecular weight is 448 g/mol. The van der Waals surface area contributed by atoms with Gasteiger partial charge in [-0.2, -0.15) is 5.26 Å². The quantitative estimate of drug-likeness (QED) is 0.553. The lowest BCUT2D eigenvalue weighted by atomic mass is 10.1. The first-order valence-electron chi connectivity index (χ1n) is 8.38. The smallest absolute Gasteiger partial charge is 0.262 e. The number of nitriles is 1. The van der Waals surface area contributed by atoms with E-state index in [9.17, 15) is 14.9 Å². The number of halogens is 2. The lowest BCUT2D eigenvalue weighted by Crippen LogP contribution is -2.31. The predicted molar refractivity (Wildman–Crippen MR) is 114 cm³/mol. The van der Waals surface area contributed by atoms with Crippen LogP contribution in [0.1, 0.15) is 5.56 Å². The van der Waals surface area contributed by atoms with E-state index in [1.807, 2.05) is 6.07 Å². The summed E-state index contributed by atoms with van der Waals surface area (Å²) in [6.45, 7) is 0. The van der Waals surface area contributed by atoms with Gasteiger partial charge in [-0.15, -0.1) is 0 Å². The van der Waals surface area contributed by atoms with Crippen LogP contribution in [0.4, 0.5) is 5.69 Å². The lowest BCUT2D eigenvalue weighted by molar-refractivity contribution is -0.117. The molecule has 0 bridgehead atoms. The van der Waals surface area contributed by atoms with Crippen molar-refractivity contribution in [2.45, 2.75) is 11.7 Å². The van der Waals surface area contributed by atoms with Crippen LogP contribution in [0.25, 0.3) is 0 Å². The zero-order valence-electron chi connectivity index (χ0n) is 15.2. The van der Waals surface area contributed by atoms with Gasteiger partial charge in [0.05, 0.1) is 18.0 Å². The van der Waals surface area contributed by atoms with Crippen molar-refractivity contribution in [2.24, 2.45) is 5.73 Å². The number of nitrogens with zero attached hydrogens (tertiary/aromatic N) is 2. The summed E-state index contributed by atoms with van der Waals surface area (Å²) in [4.78, 5) is 26.4. The van der Waals surface area contributed by atoms with Crippen molar-refractivity contribution in [1.82, 2.24) is 0 Å². The number of hydrogen-bond acceptors (Lipinski definition) is 5. The number of hydrogen-bond donors (Lipinski definition) is 1. The first-order valence-corrected chi connectivity index (χ1v) is 10.0. The van der Waals surface area contributed by atoms with Crippen LogP contribution >= 0.6 is 35.0 Å². The van der Waals surface area contributed by atoms with Gasteiger partial charge in [0.15, 0.2) is 0 Å². The van der Waals surface area contributed by atoms with Crippen molar-refractivity contribution >= 4 is 52.5 Å². The molecule has 1 aliphatic heterocycles. The number of nitrogens with two attached hydrogens (primary N) is 1. The van der Waals surface area contributed by atoms with E-state index in [0.717, 1.165) is 11.8 Å². The molecular formula is C20H15Cl2N3O3S. The molecule has 0 radical (unpaired) electrons. The van der Waals surface area contributed by atoms with E-state index in [-0.39, 0.29) is 22.9 Å². The van der Waals surface area contributed by atoms with Gasteiger partial charge in [-0.25, -0.2) is 0 Å². The third-order valence-electron chi connectivity index (χ3n) is 4.25. The Morgan fingerprint density at radius 1 is 1.31 bits per heavy atom. The molecule has 1 aliphatic rings. The van der Waals surface area contributed by atoms with Gasteiger partial charge in [0.2, 0.25) is 5.91 Å². The van der Waals surface area contributed by atoms with Gasteiger partial charge in [-0.05, 0) is 42.3 Å². The number of thioether (sulfide) groups is 1. The van der Waals surface area contributed by atoms with Crippen molar-refractivity contribution in [3.63, 3.8) is 0 Å². The highest BCUT2D eigenvalue weighted by atomic mass is 35.5. The number of rotatable bonds is 5. The number of ether oxygens (including phenoxy) is 1. The van der Waals surface area contributed by atoms with Crippen LogP contribution in [0, 0.1) is 11.3 Å². The Bertz CT molecular complexity index is 1070. The number of amides is 2. The van der Waals surface area contributed by atoms with Crippen LogP contribution in [-0.4, -0.2) is 24.2 Å². The summed E-state index contributed by atoms with van der Waals surface area (Å²) in [6, 6.07) is 13.6. The molecule has 9 heteroatoms. The van der Waals surface area contributed by atoms with Gasteiger partial charge in [0, 0.05) is 16.1 Å². The highest BCUT2D eigenvalue weighted by molar-refractivity contribution is 8.05. The third-order valence-corrected chi connectivity index (χ3v) is 6.12. The van der Waals surface area contributed by atoms with Gasteiger partial charge in [-0.3, -0.25) is 14.5 Å². The second-order valence-corrected chi connectivity index (χ2v) is 8.11. The Morgan fingerprint density at radius 3 is 2.72 bits per heavy atom. The fourth-order valence-corrected chi connectivity index (χ4v) is 4.58. The van der Waals surface area contributed by atoms with E-state index in [2.05, 4.69) is 0 Å². The average Bonchev–Trinajstić information content (AvgIpc) is 3.01. The Labute approximate surface area is 181 Å². The topological polar surface area (TPSA) is 96.4 Å². The lowest BCUT2D eigenvalue weighted by Gasteiger charge is -2.19. The van der Waals surface area contributed by atoms with Crippen molar-refractivity contribution in [3.05, 3.63) is 68.7 Å². The van der Waals surface area contributed by atoms with E-state index >= 15 is 0 Å². The summed E-state index contributed by atoms with van der Waals surface area (Å²) < 4.78 is 5.22. The molecule has 2 aromatic carbocycles. The van der Waals surface area contributed by atoms with Crippen molar-refractivity contribution in [2.75, 3.05) is 12.0 Å². The molecule has 1 saturated heterocycles. The number of methoxy groups -OCH3 is 1. The fourth-order valence-electron chi connectivity index (χ4n) is 2.88. The van der Waals surface area contributed by atoms with Gasteiger partial charge in [0.25, 0.3) is 5.91 Å². The minimum Gasteiger partial charge on any atom is -0.497 e. The first-order chi connectivity index (χ1) is 13.8. The van der Waals surface area contributed by atoms with E-state index in [0.29, 0.717) is 27.0 Å². The maximum atomic E-state index is 13.3. The monoisotopic (exact) mass is 447 g/mol. The second-order valence-electron chi connectivity index (χ2n) is 6.08. The summed E-state index contributed by atoms with van der Waals surface area (Å²) >= 11 is 13.4. The van der Waals surface area contributed by atoms with Crippen molar-refractivity contribution < 1.29 is 14.3 Å². The highest BCUT2D eigenvalue weighted by Crippen LogP contribution is 2.43. The Kier molecular flexibility index (Phi) is 6.38. The van der Waals surface area contributed by atoms with Crippen molar-refractivity contribution in [3.8, 4) is 11.8 Å². The van der Waals surface area contributed by atoms with Crippen LogP contribution in [0.15, 0.2) is 53.1 Å². The van der Waals surface area contributed by atoms with Crippen LogP contribution in [0.2, 0.25) is 10.0 Å². The SMILES string of the molecule is COc1cccc(N2C(=O)[C@@H](Cc3cc(Cl)ccc3Cl)S/C2=C(\C#N)C(N)=O)c1. The molecule has 3 rings (SSSR count). The molecule has 2 aromatic rings. The molecule has 0 unspecified atom stereocenters. The van der Waals surface area contributed by atoms with Crippen molar-refractivity contribution in [1.29, 1.82) is 5.26 Å². The minimum atomic E-state index is -0.905. The predicted octanol–water partition coefficient (Wildman–Crippen LogP) is 3.91. The van der Waals surface area contributed by atoms with Crippen LogP contribution < -0.4 is 15.4 Å². The maximum absolute atomic E-state index is 13.3. The van der Waals surface area contributed by atoms with Gasteiger partial charge in [-0.1, -0.05) is 41.0 Å². The van der Waals surface area contributed by atoms with Crippen LogP contribution in [0.3, 0.4) is 0 Å². The van der Waals surface area contributed by atoms with Gasteiger partial charge in [0.1, 0.15) is 22.4 Å². The summed E-state index contributed by atoms with van der Waals surface area (Å²) in [6.07, 6.45) is 0.268. The highest BCUT2D eigenvalue weighted by Gasteiger charge is 2.40. The number of primary amides is 1. The summed E-state index contributed by atoms with van der Waals surface area (Å²) in [5.41, 5.74) is 6.24. The molecule has 0 aliphatic carbocycles. The van der Waals surface area contributed by atoms with E-state index in [4.69, 9.17) is 33.7 Å². The van der Waals surface area contributed by atoms with Gasteiger partial charge < -0.3 is 10.5 Å². The molecule has 6 nitrogen and oxygen atoms in total. The Balaban J connectivity index is 2.07. The maximum Gasteiger partial charge on any atom is 0.262 e. The molecule has 2 N–H and O–H groups in total. The number of carbonyl (C=O) groups excluding carboxylic acids is 2. The second kappa shape index (κ2) is 8.78. The zero-order chi connectivity index (χ0) is 21.1. The van der Waals surface area contributed by atoms with Gasteiger partial charge >= 0.3 is 0 Å². The number of anilines is 1. The number of benzene rings is 2. The third kappa shape index (κ3) is 4.35. The van der Waals surface area contributed by atoms with E-state index in [1.54, 1.807) is 42.5 Å². The minimum absolute atomic E-state index is 0.182. The summed E-state index contributed by atoms with van der Waals surface area (Å²) in [5.74, 6) is -0.681. The standard InChI is InChI=1S/C20H15Cl2N3O3S/c1-28-14-4-2-3-13(9-14)25-19(27)17(29-20(25)15(10-23)18(24)26)8-11-7-12(21)5-6-16(11)22/h2-7,9,17H,8H2,1H3,(H2,24,26)/b20-15+/t17-/m1/s1. The first kappa shape index (κ1) is 21.1. The molecule has 29 heavy (non-hydrogen) atoms. The van der Waals surface area contributed by atoms with E-state index < -0.39 is 11.2 Å². The Hall–Kier alpha value is -2.66. The largest absolute Gasteiger partial charge is 0.497 e. The molecule has 1 heterocycles. The Morgan fingerprint density at radius 2 is 2.07 bits per heavy atom. The van der Waals surface area contributed by atoms with Crippen LogP contribution in [0.5, 0.6) is 5.75 Å².